The summed E-state index contributed by atoms with van der Waals surface area (Å²) in [4.78, 5) is 35.9. The fourth-order valence-electron chi connectivity index (χ4n) is 4.36. The van der Waals surface area contributed by atoms with Gasteiger partial charge >= 0.3 is 12.1 Å². The second kappa shape index (κ2) is 20.3. The highest BCUT2D eigenvalue weighted by Crippen LogP contribution is 2.21. The van der Waals surface area contributed by atoms with Crippen molar-refractivity contribution >= 4 is 18.0 Å². The minimum Gasteiger partial charge on any atom is -0.458 e. The molecule has 1 unspecified atom stereocenters. The van der Waals surface area contributed by atoms with Crippen LogP contribution >= 0.6 is 0 Å². The lowest BCUT2D eigenvalue weighted by atomic mass is 9.95. The van der Waals surface area contributed by atoms with Gasteiger partial charge in [-0.2, -0.15) is 0 Å². The van der Waals surface area contributed by atoms with E-state index < -0.39 is 30.4 Å². The minimum atomic E-state index is -0.815. The molecule has 1 heterocycles. The topological polar surface area (TPSA) is 128 Å². The van der Waals surface area contributed by atoms with Gasteiger partial charge in [0.05, 0.1) is 6.10 Å². The molecule has 8 heteroatoms. The van der Waals surface area contributed by atoms with Gasteiger partial charge in [-0.1, -0.05) is 73.1 Å². The number of carbonyl (C=O) groups excluding carboxylic acids is 3. The Morgan fingerprint density at radius 3 is 2.60 bits per heavy atom. The Bertz CT molecular complexity index is 1090. The standard InChI is InChI=1S/C34H50N2O6/c1-24(2)21-32(38)36-20-19-26(4)22-28(6)31-23-25(3)13-9-7-11-15-30(42-34(35)40)27(5)17-18-29(37)14-10-8-12-16-33(39)41-31/h7,9,12-13,16-22,27-31,37H,8,10-11,14-15,23H2,1-6H3,(H2,35,40)(H,36,38)/b9-7+,16-12+,18-17+,20-19+,25-13+,26-22+/t27-,28?,29-,30-,31+/m1/s1. The summed E-state index contributed by atoms with van der Waals surface area (Å²) in [5.41, 5.74) is 8.17. The SMILES string of the molecule is CC(C)=CC(=O)N/C=C/C(C)=C/C(C)[C@@H]1C/C(C)=C/C=C/CC[C@@H](OC(N)=O)[C@H](C)/C=C/[C@H](O)CCC/C=C/C(=O)O1. The van der Waals surface area contributed by atoms with Gasteiger partial charge in [0.25, 0.3) is 0 Å². The van der Waals surface area contributed by atoms with Gasteiger partial charge < -0.3 is 25.6 Å². The van der Waals surface area contributed by atoms with Crippen LogP contribution in [-0.2, 0) is 19.1 Å². The Morgan fingerprint density at radius 1 is 1.17 bits per heavy atom. The fourth-order valence-corrected chi connectivity index (χ4v) is 4.36. The smallest absolute Gasteiger partial charge is 0.404 e. The van der Waals surface area contributed by atoms with Crippen molar-refractivity contribution in [2.45, 2.75) is 98.4 Å². The molecule has 0 aromatic heterocycles. The number of hydrogen-bond donors (Lipinski definition) is 3. The van der Waals surface area contributed by atoms with Gasteiger partial charge in [0.2, 0.25) is 5.91 Å². The number of aliphatic hydroxyl groups excluding tert-OH is 1. The Kier molecular flexibility index (Phi) is 17.6. The summed E-state index contributed by atoms with van der Waals surface area (Å²) in [5.74, 6) is -0.802. The molecule has 0 saturated heterocycles. The number of ether oxygens (including phenoxy) is 2. The maximum atomic E-state index is 12.7. The summed E-state index contributed by atoms with van der Waals surface area (Å²) >= 11 is 0. The van der Waals surface area contributed by atoms with E-state index in [-0.39, 0.29) is 17.7 Å². The first kappa shape index (κ1) is 36.4. The Hall–Kier alpha value is -3.65. The number of nitrogens with two attached hydrogens (primary N) is 1. The molecule has 0 fully saturated rings. The molecule has 1 aliphatic heterocycles. The number of hydrogen-bond acceptors (Lipinski definition) is 6. The zero-order chi connectivity index (χ0) is 31.5. The maximum absolute atomic E-state index is 12.7. The van der Waals surface area contributed by atoms with Crippen LogP contribution in [-0.4, -0.2) is 41.4 Å². The number of amides is 2. The maximum Gasteiger partial charge on any atom is 0.404 e. The number of primary amides is 1. The van der Waals surface area contributed by atoms with E-state index in [1.54, 1.807) is 18.4 Å². The predicted molar refractivity (Wildman–Crippen MR) is 168 cm³/mol. The molecule has 0 spiro atoms. The molecule has 0 aliphatic carbocycles. The van der Waals surface area contributed by atoms with Gasteiger partial charge in [-0.15, -0.1) is 0 Å². The number of aliphatic hydroxyl groups is 1. The molecular formula is C34H50N2O6. The monoisotopic (exact) mass is 582 g/mol. The van der Waals surface area contributed by atoms with Crippen LogP contribution in [0.1, 0.15) is 80.1 Å². The molecule has 42 heavy (non-hydrogen) atoms. The first-order valence-corrected chi connectivity index (χ1v) is 14.7. The van der Waals surface area contributed by atoms with E-state index in [2.05, 4.69) is 5.32 Å². The second-order valence-electron chi connectivity index (χ2n) is 11.2. The van der Waals surface area contributed by atoms with Gasteiger partial charge in [-0.25, -0.2) is 9.59 Å². The van der Waals surface area contributed by atoms with Crippen molar-refractivity contribution in [2.75, 3.05) is 0 Å². The Labute approximate surface area is 251 Å². The molecule has 0 aromatic carbocycles. The molecule has 4 N–H and O–H groups in total. The molecule has 1 rings (SSSR count). The highest BCUT2D eigenvalue weighted by molar-refractivity contribution is 5.88. The van der Waals surface area contributed by atoms with Crippen molar-refractivity contribution in [3.05, 3.63) is 83.7 Å². The molecule has 8 nitrogen and oxygen atoms in total. The normalized spacial score (nSPS) is 27.8. The molecule has 1 aliphatic rings. The van der Waals surface area contributed by atoms with Crippen LogP contribution in [0.2, 0.25) is 0 Å². The zero-order valence-corrected chi connectivity index (χ0v) is 26.0. The van der Waals surface area contributed by atoms with E-state index in [0.29, 0.717) is 38.5 Å². The molecular weight excluding hydrogens is 532 g/mol. The van der Waals surface area contributed by atoms with Crippen LogP contribution in [0.25, 0.3) is 0 Å². The van der Waals surface area contributed by atoms with Crippen LogP contribution in [0.4, 0.5) is 4.79 Å². The van der Waals surface area contributed by atoms with Crippen LogP contribution in [0.15, 0.2) is 83.7 Å². The third-order valence-electron chi connectivity index (χ3n) is 6.64. The summed E-state index contributed by atoms with van der Waals surface area (Å²) in [6, 6.07) is 0. The molecule has 2 amide bonds. The zero-order valence-electron chi connectivity index (χ0n) is 26.0. The number of nitrogens with one attached hydrogen (secondary N) is 1. The van der Waals surface area contributed by atoms with Crippen molar-refractivity contribution in [1.29, 1.82) is 0 Å². The van der Waals surface area contributed by atoms with E-state index >= 15 is 0 Å². The first-order chi connectivity index (χ1) is 19.9. The van der Waals surface area contributed by atoms with E-state index in [9.17, 15) is 19.5 Å². The average molecular weight is 583 g/mol. The lowest BCUT2D eigenvalue weighted by Crippen LogP contribution is -2.27. The molecule has 0 aromatic rings. The van der Waals surface area contributed by atoms with Gasteiger partial charge in [-0.3, -0.25) is 4.79 Å². The third kappa shape index (κ3) is 17.2. The number of esters is 1. The highest BCUT2D eigenvalue weighted by Gasteiger charge is 2.20. The van der Waals surface area contributed by atoms with Gasteiger partial charge in [0.15, 0.2) is 0 Å². The van der Waals surface area contributed by atoms with Gasteiger partial charge in [0.1, 0.15) is 12.2 Å². The Balaban J connectivity index is 3.09. The van der Waals surface area contributed by atoms with E-state index in [0.717, 1.165) is 16.7 Å². The van der Waals surface area contributed by atoms with E-state index in [1.165, 1.54) is 12.2 Å². The quantitative estimate of drug-likeness (QED) is 0.142. The second-order valence-corrected chi connectivity index (χ2v) is 11.2. The Morgan fingerprint density at radius 2 is 1.90 bits per heavy atom. The minimum absolute atomic E-state index is 0.0965. The molecule has 232 valence electrons. The van der Waals surface area contributed by atoms with Crippen molar-refractivity contribution in [2.24, 2.45) is 17.6 Å². The lowest BCUT2D eigenvalue weighted by Gasteiger charge is -2.22. The van der Waals surface area contributed by atoms with Gasteiger partial charge in [0, 0.05) is 36.6 Å². The van der Waals surface area contributed by atoms with Crippen LogP contribution in [0.5, 0.6) is 0 Å². The largest absolute Gasteiger partial charge is 0.458 e. The molecule has 0 saturated carbocycles. The van der Waals surface area contributed by atoms with Crippen molar-refractivity contribution in [3.63, 3.8) is 0 Å². The number of carbonyl (C=O) groups is 3. The molecule has 5 atom stereocenters. The predicted octanol–water partition coefficient (Wildman–Crippen LogP) is 6.51. The van der Waals surface area contributed by atoms with Crippen LogP contribution in [0.3, 0.4) is 0 Å². The van der Waals surface area contributed by atoms with Crippen LogP contribution < -0.4 is 11.1 Å². The average Bonchev–Trinajstić information content (AvgIpc) is 2.89. The number of allylic oxidation sites excluding steroid dienone is 7. The number of rotatable bonds is 6. The summed E-state index contributed by atoms with van der Waals surface area (Å²) in [6.07, 6.45) is 21.0. The van der Waals surface area contributed by atoms with Crippen molar-refractivity contribution in [3.8, 4) is 0 Å². The van der Waals surface area contributed by atoms with E-state index in [4.69, 9.17) is 15.2 Å². The van der Waals surface area contributed by atoms with Crippen LogP contribution in [0, 0.1) is 11.8 Å². The number of cyclic esters (lactones) is 1. The highest BCUT2D eigenvalue weighted by atomic mass is 16.6. The lowest BCUT2D eigenvalue weighted by molar-refractivity contribution is -0.144. The molecule has 0 radical (unpaired) electrons. The first-order valence-electron chi connectivity index (χ1n) is 14.7. The van der Waals surface area contributed by atoms with Crippen molar-refractivity contribution in [1.82, 2.24) is 5.32 Å². The third-order valence-corrected chi connectivity index (χ3v) is 6.64. The summed E-state index contributed by atoms with van der Waals surface area (Å²) in [5, 5.41) is 13.0. The van der Waals surface area contributed by atoms with Crippen molar-refractivity contribution < 1.29 is 29.0 Å². The molecule has 0 bridgehead atoms. The summed E-state index contributed by atoms with van der Waals surface area (Å²) in [7, 11) is 0. The van der Waals surface area contributed by atoms with E-state index in [1.807, 2.05) is 78.0 Å². The summed E-state index contributed by atoms with van der Waals surface area (Å²) < 4.78 is 11.2. The fraction of sp³-hybridized carbons (Fsp3) is 0.500. The summed E-state index contributed by atoms with van der Waals surface area (Å²) in [6.45, 7) is 11.6. The van der Waals surface area contributed by atoms with Gasteiger partial charge in [-0.05, 0) is 65.9 Å².